The van der Waals surface area contributed by atoms with Crippen molar-refractivity contribution in [2.45, 2.75) is 49.7 Å². The van der Waals surface area contributed by atoms with Gasteiger partial charge in [-0.2, -0.15) is 0 Å². The van der Waals surface area contributed by atoms with E-state index in [4.69, 9.17) is 27.9 Å². The van der Waals surface area contributed by atoms with E-state index in [0.717, 1.165) is 41.6 Å². The number of benzene rings is 3. The van der Waals surface area contributed by atoms with Crippen LogP contribution in [0.4, 0.5) is 11.4 Å². The van der Waals surface area contributed by atoms with Crippen LogP contribution in [0, 0.1) is 0 Å². The van der Waals surface area contributed by atoms with Crippen LogP contribution in [0.15, 0.2) is 60.7 Å². The van der Waals surface area contributed by atoms with Crippen molar-refractivity contribution in [2.75, 3.05) is 17.3 Å². The largest absolute Gasteiger partial charge is 0.497 e. The predicted molar refractivity (Wildman–Crippen MR) is 146 cm³/mol. The van der Waals surface area contributed by atoms with Gasteiger partial charge in [0.15, 0.2) is 5.54 Å². The summed E-state index contributed by atoms with van der Waals surface area (Å²) >= 11 is 12.7. The number of halogens is 2. The van der Waals surface area contributed by atoms with E-state index in [1.807, 2.05) is 53.4 Å². The van der Waals surface area contributed by atoms with Crippen molar-refractivity contribution in [3.05, 3.63) is 87.4 Å². The van der Waals surface area contributed by atoms with Gasteiger partial charge in [0.2, 0.25) is 5.91 Å². The first kappa shape index (κ1) is 24.1. The van der Waals surface area contributed by atoms with E-state index < -0.39 is 11.6 Å². The van der Waals surface area contributed by atoms with Gasteiger partial charge in [-0.05, 0) is 60.7 Å². The van der Waals surface area contributed by atoms with Crippen LogP contribution in [0.2, 0.25) is 10.0 Å². The Labute approximate surface area is 225 Å². The smallest absolute Gasteiger partial charge is 0.255 e. The number of fused-ring (bicyclic) bond motifs is 2. The van der Waals surface area contributed by atoms with Gasteiger partial charge in [-0.15, -0.1) is 0 Å². The lowest BCUT2D eigenvalue weighted by Gasteiger charge is -2.43. The average Bonchev–Trinajstić information content (AvgIpc) is 3.36. The molecule has 2 aliphatic heterocycles. The minimum Gasteiger partial charge on any atom is -0.497 e. The number of anilines is 2. The molecule has 8 heteroatoms. The first-order valence-electron chi connectivity index (χ1n) is 12.5. The van der Waals surface area contributed by atoms with Gasteiger partial charge in [0.25, 0.3) is 5.91 Å². The van der Waals surface area contributed by atoms with E-state index in [-0.39, 0.29) is 17.9 Å². The molecule has 3 aromatic rings. The zero-order valence-electron chi connectivity index (χ0n) is 20.4. The molecule has 0 bridgehead atoms. The van der Waals surface area contributed by atoms with Crippen molar-refractivity contribution in [1.82, 2.24) is 5.32 Å². The molecule has 0 radical (unpaired) electrons. The number of methoxy groups -OCH3 is 1. The predicted octanol–water partition coefficient (Wildman–Crippen LogP) is 5.49. The van der Waals surface area contributed by atoms with Crippen LogP contribution in [0.25, 0.3) is 0 Å². The number of carbonyl (C=O) groups excluding carboxylic acids is 2. The Morgan fingerprint density at radius 1 is 1.11 bits per heavy atom. The quantitative estimate of drug-likeness (QED) is 0.437. The lowest BCUT2D eigenvalue weighted by atomic mass is 9.82. The molecule has 2 amide bonds. The maximum Gasteiger partial charge on any atom is 0.255 e. The van der Waals surface area contributed by atoms with Crippen molar-refractivity contribution >= 4 is 46.4 Å². The monoisotopic (exact) mass is 535 g/mol. The second kappa shape index (κ2) is 9.26. The highest BCUT2D eigenvalue weighted by atomic mass is 35.5. The molecule has 2 atom stereocenters. The number of nitrogens with one attached hydrogen (secondary N) is 2. The lowest BCUT2D eigenvalue weighted by Crippen LogP contribution is -2.60. The Morgan fingerprint density at radius 3 is 2.65 bits per heavy atom. The molecule has 0 aromatic heterocycles. The van der Waals surface area contributed by atoms with Crippen molar-refractivity contribution < 1.29 is 14.3 Å². The summed E-state index contributed by atoms with van der Waals surface area (Å²) in [5.74, 6) is 0.388. The molecule has 1 fully saturated rings. The maximum atomic E-state index is 14.2. The molecule has 3 aliphatic rings. The zero-order valence-corrected chi connectivity index (χ0v) is 21.9. The van der Waals surface area contributed by atoms with E-state index in [9.17, 15) is 9.59 Å². The molecule has 37 heavy (non-hydrogen) atoms. The molecule has 190 valence electrons. The molecule has 2 N–H and O–H groups in total. The van der Waals surface area contributed by atoms with Crippen LogP contribution in [-0.4, -0.2) is 31.0 Å². The number of hydrogen-bond donors (Lipinski definition) is 2. The molecule has 1 aliphatic carbocycles. The van der Waals surface area contributed by atoms with Crippen LogP contribution in [0.3, 0.4) is 0 Å². The molecule has 6 rings (SSSR count). The molecule has 2 heterocycles. The number of rotatable bonds is 6. The summed E-state index contributed by atoms with van der Waals surface area (Å²) in [7, 11) is 1.61. The summed E-state index contributed by atoms with van der Waals surface area (Å²) in [6.45, 7) is 0. The van der Waals surface area contributed by atoms with Gasteiger partial charge in [0.05, 0.1) is 7.11 Å². The van der Waals surface area contributed by atoms with Crippen molar-refractivity contribution in [3.63, 3.8) is 0 Å². The van der Waals surface area contributed by atoms with E-state index in [2.05, 4.69) is 10.6 Å². The van der Waals surface area contributed by atoms with Crippen LogP contribution >= 0.6 is 23.2 Å². The number of hydrogen-bond acceptors (Lipinski definition) is 4. The van der Waals surface area contributed by atoms with Gasteiger partial charge < -0.3 is 20.3 Å². The average molecular weight is 536 g/mol. The minimum absolute atomic E-state index is 0.0689. The summed E-state index contributed by atoms with van der Waals surface area (Å²) < 4.78 is 5.55. The SMILES string of the molecule is COc1ccc2c(c1)N(C1(Cc3cccc(Cl)c3)C(=O)Nc3cc(Cl)ccc31)C(C(=O)NC1CCC1)C2. The van der Waals surface area contributed by atoms with Crippen molar-refractivity contribution in [1.29, 1.82) is 0 Å². The van der Waals surface area contributed by atoms with Gasteiger partial charge in [-0.1, -0.05) is 47.5 Å². The standard InChI is InChI=1S/C29H27Cl2N3O3/c1-37-22-10-8-18-13-26(27(35)32-21-6-3-7-21)34(25(18)15-22)29(16-17-4-2-5-19(30)12-17)23-11-9-20(31)14-24(23)33-28(29)36/h2,4-5,8-12,14-15,21,26H,3,6-7,13,16H2,1H3,(H,32,35)(H,33,36). The second-order valence-corrected chi connectivity index (χ2v) is 10.9. The summed E-state index contributed by atoms with van der Waals surface area (Å²) in [6, 6.07) is 18.4. The minimum atomic E-state index is -1.20. The second-order valence-electron chi connectivity index (χ2n) is 10.0. The molecular formula is C29H27Cl2N3O3. The first-order valence-corrected chi connectivity index (χ1v) is 13.3. The van der Waals surface area contributed by atoms with Crippen molar-refractivity contribution in [2.24, 2.45) is 0 Å². The van der Waals surface area contributed by atoms with E-state index in [1.165, 1.54) is 0 Å². The first-order chi connectivity index (χ1) is 17.9. The molecule has 1 saturated carbocycles. The highest BCUT2D eigenvalue weighted by Gasteiger charge is 2.57. The lowest BCUT2D eigenvalue weighted by molar-refractivity contribution is -0.125. The topological polar surface area (TPSA) is 70.7 Å². The van der Waals surface area contributed by atoms with Gasteiger partial charge in [-0.25, -0.2) is 0 Å². The van der Waals surface area contributed by atoms with E-state index >= 15 is 0 Å². The summed E-state index contributed by atoms with van der Waals surface area (Å²) in [5.41, 5.74) is 2.92. The van der Waals surface area contributed by atoms with E-state index in [1.54, 1.807) is 19.2 Å². The Kier molecular flexibility index (Phi) is 6.04. The molecular weight excluding hydrogens is 509 g/mol. The van der Waals surface area contributed by atoms with Crippen LogP contribution in [-0.2, 0) is 28.0 Å². The summed E-state index contributed by atoms with van der Waals surface area (Å²) in [4.78, 5) is 30.0. The molecule has 3 aromatic carbocycles. The Hall–Kier alpha value is -3.22. The molecule has 0 spiro atoms. The fourth-order valence-corrected chi connectivity index (χ4v) is 6.22. The summed E-state index contributed by atoms with van der Waals surface area (Å²) in [6.07, 6.45) is 3.89. The third-order valence-corrected chi connectivity index (χ3v) is 8.31. The number of ether oxygens (including phenoxy) is 1. The van der Waals surface area contributed by atoms with Crippen LogP contribution in [0.5, 0.6) is 5.75 Å². The zero-order chi connectivity index (χ0) is 25.7. The fourth-order valence-electron chi connectivity index (χ4n) is 5.84. The van der Waals surface area contributed by atoms with Gasteiger partial charge in [0, 0.05) is 51.9 Å². The molecule has 0 saturated heterocycles. The molecule has 2 unspecified atom stereocenters. The normalized spacial score (nSPS) is 22.2. The van der Waals surface area contributed by atoms with E-state index in [0.29, 0.717) is 34.3 Å². The Bertz CT molecular complexity index is 1410. The highest BCUT2D eigenvalue weighted by molar-refractivity contribution is 6.31. The highest BCUT2D eigenvalue weighted by Crippen LogP contribution is 2.51. The van der Waals surface area contributed by atoms with Gasteiger partial charge in [0.1, 0.15) is 11.8 Å². The van der Waals surface area contributed by atoms with Crippen LogP contribution in [0.1, 0.15) is 36.0 Å². The number of amides is 2. The fraction of sp³-hybridized carbons (Fsp3) is 0.310. The van der Waals surface area contributed by atoms with Crippen molar-refractivity contribution in [3.8, 4) is 5.75 Å². The third-order valence-electron chi connectivity index (χ3n) is 7.84. The Morgan fingerprint density at radius 2 is 1.92 bits per heavy atom. The maximum absolute atomic E-state index is 14.2. The molecule has 6 nitrogen and oxygen atoms in total. The van der Waals surface area contributed by atoms with Gasteiger partial charge in [-0.3, -0.25) is 9.59 Å². The summed E-state index contributed by atoms with van der Waals surface area (Å²) in [5, 5.41) is 7.41. The number of carbonyl (C=O) groups is 2. The Balaban J connectivity index is 1.56. The van der Waals surface area contributed by atoms with Gasteiger partial charge >= 0.3 is 0 Å². The van der Waals surface area contributed by atoms with Crippen LogP contribution < -0.4 is 20.3 Å². The third kappa shape index (κ3) is 4.03. The number of nitrogens with zero attached hydrogens (tertiary/aromatic N) is 1.